The lowest BCUT2D eigenvalue weighted by atomic mass is 10.1. The van der Waals surface area contributed by atoms with Crippen molar-refractivity contribution in [2.24, 2.45) is 5.73 Å². The fraction of sp³-hybridized carbons (Fsp3) is 0.571. The third-order valence-electron chi connectivity index (χ3n) is 3.55. The van der Waals surface area contributed by atoms with Gasteiger partial charge in [-0.3, -0.25) is 0 Å². The van der Waals surface area contributed by atoms with Crippen LogP contribution in [0.3, 0.4) is 0 Å². The highest BCUT2D eigenvalue weighted by Crippen LogP contribution is 2.33. The molecule has 0 saturated heterocycles. The summed E-state index contributed by atoms with van der Waals surface area (Å²) >= 11 is 0. The van der Waals surface area contributed by atoms with Gasteiger partial charge in [-0.1, -0.05) is 6.07 Å². The fourth-order valence-electron chi connectivity index (χ4n) is 2.16. The topological polar surface area (TPSA) is 56.5 Å². The first-order valence-corrected chi connectivity index (χ1v) is 6.30. The predicted molar refractivity (Wildman–Crippen MR) is 72.1 cm³/mol. The van der Waals surface area contributed by atoms with E-state index in [1.165, 1.54) is 0 Å². The largest absolute Gasteiger partial charge is 0.496 e. The Morgan fingerprint density at radius 3 is 2.56 bits per heavy atom. The van der Waals surface area contributed by atoms with Crippen LogP contribution >= 0.6 is 0 Å². The van der Waals surface area contributed by atoms with E-state index in [0.717, 1.165) is 48.6 Å². The van der Waals surface area contributed by atoms with Gasteiger partial charge in [0.1, 0.15) is 11.5 Å². The Bertz CT molecular complexity index is 428. The average Bonchev–Trinajstić information content (AvgIpc) is 3.08. The molecule has 0 aromatic heterocycles. The van der Waals surface area contributed by atoms with Gasteiger partial charge in [-0.2, -0.15) is 0 Å². The van der Waals surface area contributed by atoms with Crippen molar-refractivity contribution in [2.75, 3.05) is 20.8 Å². The summed E-state index contributed by atoms with van der Waals surface area (Å²) < 4.78 is 10.8. The number of nitrogens with two attached hydrogens (primary N) is 1. The standard InChI is InChI=1S/C14H22N2O2/c1-10-12(17-2)5-4-11(13(10)18-3)8-16-9-14(15)6-7-14/h4-5,16H,6-9,15H2,1-3H3. The minimum absolute atomic E-state index is 0.0365. The molecule has 18 heavy (non-hydrogen) atoms. The van der Waals surface area contributed by atoms with Gasteiger partial charge in [0, 0.05) is 29.8 Å². The first kappa shape index (κ1) is 13.2. The number of ether oxygens (including phenoxy) is 2. The van der Waals surface area contributed by atoms with Gasteiger partial charge < -0.3 is 20.5 Å². The summed E-state index contributed by atoms with van der Waals surface area (Å²) in [6.07, 6.45) is 2.25. The van der Waals surface area contributed by atoms with Crippen LogP contribution in [0.4, 0.5) is 0 Å². The van der Waals surface area contributed by atoms with Crippen molar-refractivity contribution < 1.29 is 9.47 Å². The van der Waals surface area contributed by atoms with E-state index in [2.05, 4.69) is 5.32 Å². The first-order valence-electron chi connectivity index (χ1n) is 6.30. The van der Waals surface area contributed by atoms with E-state index >= 15 is 0 Å². The van der Waals surface area contributed by atoms with Crippen LogP contribution < -0.4 is 20.5 Å². The normalized spacial score (nSPS) is 16.4. The number of benzene rings is 1. The van der Waals surface area contributed by atoms with E-state index in [1.807, 2.05) is 19.1 Å². The molecule has 3 N–H and O–H groups in total. The van der Waals surface area contributed by atoms with E-state index in [4.69, 9.17) is 15.2 Å². The van der Waals surface area contributed by atoms with Gasteiger partial charge in [-0.05, 0) is 25.8 Å². The number of rotatable bonds is 6. The molecule has 1 aromatic rings. The lowest BCUT2D eigenvalue weighted by molar-refractivity contribution is 0.384. The Labute approximate surface area is 108 Å². The highest BCUT2D eigenvalue weighted by Gasteiger charge is 2.37. The zero-order valence-electron chi connectivity index (χ0n) is 11.4. The SMILES string of the molecule is COc1ccc(CNCC2(N)CC2)c(OC)c1C. The summed E-state index contributed by atoms with van der Waals surface area (Å²) in [6, 6.07) is 4.01. The molecule has 0 bridgehead atoms. The van der Waals surface area contributed by atoms with Gasteiger partial charge in [0.15, 0.2) is 0 Å². The maximum absolute atomic E-state index is 6.04. The number of hydrogen-bond acceptors (Lipinski definition) is 4. The number of methoxy groups -OCH3 is 2. The zero-order chi connectivity index (χ0) is 13.2. The van der Waals surface area contributed by atoms with Crippen molar-refractivity contribution >= 4 is 0 Å². The van der Waals surface area contributed by atoms with E-state index < -0.39 is 0 Å². The second-order valence-corrected chi connectivity index (χ2v) is 5.05. The summed E-state index contributed by atoms with van der Waals surface area (Å²) in [7, 11) is 3.36. The van der Waals surface area contributed by atoms with Crippen molar-refractivity contribution in [3.05, 3.63) is 23.3 Å². The van der Waals surface area contributed by atoms with Crippen molar-refractivity contribution in [2.45, 2.75) is 31.8 Å². The maximum Gasteiger partial charge on any atom is 0.129 e. The molecule has 0 atom stereocenters. The molecule has 0 unspecified atom stereocenters. The first-order chi connectivity index (χ1) is 8.59. The van der Waals surface area contributed by atoms with E-state index in [-0.39, 0.29) is 5.54 Å². The van der Waals surface area contributed by atoms with Gasteiger partial charge in [0.05, 0.1) is 14.2 Å². The van der Waals surface area contributed by atoms with Gasteiger partial charge >= 0.3 is 0 Å². The fourth-order valence-corrected chi connectivity index (χ4v) is 2.16. The van der Waals surface area contributed by atoms with Gasteiger partial charge in [-0.15, -0.1) is 0 Å². The monoisotopic (exact) mass is 250 g/mol. The second kappa shape index (κ2) is 5.16. The molecule has 0 amide bonds. The summed E-state index contributed by atoms with van der Waals surface area (Å²) in [5.41, 5.74) is 8.25. The highest BCUT2D eigenvalue weighted by molar-refractivity contribution is 5.49. The molecule has 1 saturated carbocycles. The lowest BCUT2D eigenvalue weighted by Crippen LogP contribution is -2.35. The second-order valence-electron chi connectivity index (χ2n) is 5.05. The van der Waals surface area contributed by atoms with Crippen LogP contribution in [0, 0.1) is 6.92 Å². The molecule has 1 fully saturated rings. The molecule has 1 aliphatic carbocycles. The Hall–Kier alpha value is -1.26. The van der Waals surface area contributed by atoms with E-state index in [1.54, 1.807) is 14.2 Å². The maximum atomic E-state index is 6.04. The molecule has 100 valence electrons. The highest BCUT2D eigenvalue weighted by atomic mass is 16.5. The minimum atomic E-state index is 0.0365. The summed E-state index contributed by atoms with van der Waals surface area (Å²) in [4.78, 5) is 0. The van der Waals surface area contributed by atoms with E-state index in [9.17, 15) is 0 Å². The molecule has 0 aliphatic heterocycles. The van der Waals surface area contributed by atoms with Crippen LogP contribution in [0.2, 0.25) is 0 Å². The molecule has 0 spiro atoms. The molecule has 2 rings (SSSR count). The van der Waals surface area contributed by atoms with Crippen LogP contribution in [0.5, 0.6) is 11.5 Å². The van der Waals surface area contributed by atoms with Gasteiger partial charge in [0.2, 0.25) is 0 Å². The van der Waals surface area contributed by atoms with Crippen LogP contribution in [0.15, 0.2) is 12.1 Å². The summed E-state index contributed by atoms with van der Waals surface area (Å²) in [6.45, 7) is 3.64. The molecule has 1 aromatic carbocycles. The Kier molecular flexibility index (Phi) is 3.78. The molecular formula is C14H22N2O2. The van der Waals surface area contributed by atoms with Crippen LogP contribution in [0.25, 0.3) is 0 Å². The summed E-state index contributed by atoms with van der Waals surface area (Å²) in [5.74, 6) is 1.75. The van der Waals surface area contributed by atoms with Crippen LogP contribution in [-0.2, 0) is 6.54 Å². The molecule has 4 nitrogen and oxygen atoms in total. The Morgan fingerprint density at radius 2 is 2.00 bits per heavy atom. The quantitative estimate of drug-likeness (QED) is 0.805. The smallest absolute Gasteiger partial charge is 0.129 e. The number of hydrogen-bond donors (Lipinski definition) is 2. The molecule has 0 radical (unpaired) electrons. The van der Waals surface area contributed by atoms with Crippen LogP contribution in [-0.4, -0.2) is 26.3 Å². The average molecular weight is 250 g/mol. The Balaban J connectivity index is 2.04. The number of nitrogens with one attached hydrogen (secondary N) is 1. The molecule has 0 heterocycles. The molecule has 1 aliphatic rings. The predicted octanol–water partition coefficient (Wildman–Crippen LogP) is 1.59. The molecular weight excluding hydrogens is 228 g/mol. The van der Waals surface area contributed by atoms with Crippen molar-refractivity contribution in [1.82, 2.24) is 5.32 Å². The van der Waals surface area contributed by atoms with Gasteiger partial charge in [-0.25, -0.2) is 0 Å². The third kappa shape index (κ3) is 2.76. The Morgan fingerprint density at radius 1 is 1.28 bits per heavy atom. The molecule has 4 heteroatoms. The third-order valence-corrected chi connectivity index (χ3v) is 3.55. The van der Waals surface area contributed by atoms with Crippen molar-refractivity contribution in [1.29, 1.82) is 0 Å². The lowest BCUT2D eigenvalue weighted by Gasteiger charge is -2.16. The van der Waals surface area contributed by atoms with Crippen molar-refractivity contribution in [3.63, 3.8) is 0 Å². The van der Waals surface area contributed by atoms with E-state index in [0.29, 0.717) is 0 Å². The summed E-state index contributed by atoms with van der Waals surface area (Å²) in [5, 5.41) is 3.40. The van der Waals surface area contributed by atoms with Crippen LogP contribution in [0.1, 0.15) is 24.0 Å². The minimum Gasteiger partial charge on any atom is -0.496 e. The zero-order valence-corrected chi connectivity index (χ0v) is 11.4. The van der Waals surface area contributed by atoms with Crippen molar-refractivity contribution in [3.8, 4) is 11.5 Å². The van der Waals surface area contributed by atoms with Gasteiger partial charge in [0.25, 0.3) is 0 Å².